The van der Waals surface area contributed by atoms with E-state index >= 15 is 0 Å². The van der Waals surface area contributed by atoms with Crippen LogP contribution >= 0.6 is 24.0 Å². The van der Waals surface area contributed by atoms with Crippen LogP contribution in [-0.2, 0) is 6.54 Å². The van der Waals surface area contributed by atoms with E-state index in [0.29, 0.717) is 12.6 Å². The Morgan fingerprint density at radius 3 is 2.64 bits per heavy atom. The molecule has 0 radical (unpaired) electrons. The molecule has 1 saturated carbocycles. The van der Waals surface area contributed by atoms with E-state index in [2.05, 4.69) is 45.6 Å². The summed E-state index contributed by atoms with van der Waals surface area (Å²) in [5, 5.41) is 11.2. The predicted octanol–water partition coefficient (Wildman–Crippen LogP) is 2.97. The van der Waals surface area contributed by atoms with E-state index in [0.717, 1.165) is 41.2 Å². The van der Waals surface area contributed by atoms with E-state index in [9.17, 15) is 0 Å². The maximum atomic E-state index is 4.65. The zero-order valence-corrected chi connectivity index (χ0v) is 17.6. The molecule has 136 valence electrons. The summed E-state index contributed by atoms with van der Waals surface area (Å²) in [6.07, 6.45) is 3.10. The largest absolute Gasteiger partial charge is 0.357 e. The number of aromatic nitrogens is 3. The van der Waals surface area contributed by atoms with Crippen LogP contribution in [0, 0.1) is 19.8 Å². The first kappa shape index (κ1) is 19.7. The van der Waals surface area contributed by atoms with Gasteiger partial charge in [-0.05, 0) is 50.8 Å². The normalized spacial score (nSPS) is 19.3. The number of aryl methyl sites for hydroxylation is 2. The Morgan fingerprint density at radius 2 is 2.12 bits per heavy atom. The summed E-state index contributed by atoms with van der Waals surface area (Å²) in [6, 6.07) is 6.67. The first-order valence-electron chi connectivity index (χ1n) is 8.60. The van der Waals surface area contributed by atoms with Crippen molar-refractivity contribution in [3.05, 3.63) is 41.3 Å². The lowest BCUT2D eigenvalue weighted by Gasteiger charge is -2.10. The maximum Gasteiger partial charge on any atom is 0.191 e. The van der Waals surface area contributed by atoms with Crippen LogP contribution in [0.15, 0.2) is 29.4 Å². The van der Waals surface area contributed by atoms with Crippen LogP contribution in [0.1, 0.15) is 37.2 Å². The van der Waals surface area contributed by atoms with Crippen LogP contribution in [-0.4, -0.2) is 33.3 Å². The summed E-state index contributed by atoms with van der Waals surface area (Å²) in [4.78, 5) is 9.18. The van der Waals surface area contributed by atoms with Gasteiger partial charge in [-0.15, -0.1) is 24.0 Å². The number of hydrogen-bond donors (Lipinski definition) is 2. The topological polar surface area (TPSA) is 67.1 Å². The Morgan fingerprint density at radius 1 is 1.36 bits per heavy atom. The lowest BCUT2D eigenvalue weighted by Crippen LogP contribution is -2.39. The highest BCUT2D eigenvalue weighted by Crippen LogP contribution is 2.28. The first-order chi connectivity index (χ1) is 11.6. The van der Waals surface area contributed by atoms with E-state index < -0.39 is 0 Å². The zero-order valence-electron chi connectivity index (χ0n) is 15.3. The van der Waals surface area contributed by atoms with Gasteiger partial charge in [-0.3, -0.25) is 0 Å². The Balaban J connectivity index is 0.00000225. The number of rotatable bonds is 5. The third kappa shape index (κ3) is 5.17. The van der Waals surface area contributed by atoms with Crippen molar-refractivity contribution < 1.29 is 0 Å². The minimum atomic E-state index is 0. The number of pyridine rings is 1. The van der Waals surface area contributed by atoms with E-state index in [-0.39, 0.29) is 24.0 Å². The first-order valence-corrected chi connectivity index (χ1v) is 8.60. The number of hydrogen-bond acceptors (Lipinski definition) is 3. The van der Waals surface area contributed by atoms with Gasteiger partial charge in [0.15, 0.2) is 11.8 Å². The fraction of sp³-hybridized carbons (Fsp3) is 0.500. The summed E-state index contributed by atoms with van der Waals surface area (Å²) in [6.45, 7) is 9.83. The van der Waals surface area contributed by atoms with Crippen LogP contribution in [0.3, 0.4) is 0 Å². The van der Waals surface area contributed by atoms with Crippen molar-refractivity contribution in [3.8, 4) is 5.82 Å². The quantitative estimate of drug-likeness (QED) is 0.414. The Labute approximate surface area is 166 Å². The van der Waals surface area contributed by atoms with Crippen molar-refractivity contribution in [1.29, 1.82) is 0 Å². The highest BCUT2D eigenvalue weighted by Gasteiger charge is 2.33. The molecule has 7 heteroatoms. The molecule has 1 aliphatic carbocycles. The molecule has 1 aliphatic rings. The second-order valence-electron chi connectivity index (χ2n) is 6.52. The molecule has 3 rings (SSSR count). The highest BCUT2D eigenvalue weighted by atomic mass is 127. The molecule has 2 heterocycles. The zero-order chi connectivity index (χ0) is 17.1. The molecule has 1 fully saturated rings. The molecule has 25 heavy (non-hydrogen) atoms. The number of nitrogens with one attached hydrogen (secondary N) is 2. The van der Waals surface area contributed by atoms with Crippen LogP contribution in [0.4, 0.5) is 0 Å². The molecule has 2 aromatic rings. The van der Waals surface area contributed by atoms with E-state index in [1.165, 1.54) is 6.42 Å². The Kier molecular flexibility index (Phi) is 6.80. The SMILES string of the molecule is CCNC(=NCc1ccc(-n2nc(C)cc2C)nc1)NC1CC1C.I. The standard InChI is InChI=1S/C18H26N6.HI/c1-5-19-18(22-16-8-12(16)2)21-11-15-6-7-17(20-10-15)24-14(4)9-13(3)23-24;/h6-7,9-10,12,16H,5,8,11H2,1-4H3,(H2,19,21,22);1H. The maximum absolute atomic E-state index is 4.65. The third-order valence-corrected chi connectivity index (χ3v) is 4.23. The summed E-state index contributed by atoms with van der Waals surface area (Å²) >= 11 is 0. The number of halogens is 1. The van der Waals surface area contributed by atoms with E-state index in [1.807, 2.05) is 36.9 Å². The molecule has 2 N–H and O–H groups in total. The lowest BCUT2D eigenvalue weighted by atomic mass is 10.3. The van der Waals surface area contributed by atoms with Gasteiger partial charge in [-0.2, -0.15) is 5.10 Å². The second-order valence-corrected chi connectivity index (χ2v) is 6.52. The summed E-state index contributed by atoms with van der Waals surface area (Å²) in [5.41, 5.74) is 3.17. The van der Waals surface area contributed by atoms with Crippen molar-refractivity contribution in [2.45, 2.75) is 46.7 Å². The fourth-order valence-electron chi connectivity index (χ4n) is 2.69. The van der Waals surface area contributed by atoms with Crippen molar-refractivity contribution >= 4 is 29.9 Å². The average Bonchev–Trinajstić information content (AvgIpc) is 3.14. The third-order valence-electron chi connectivity index (χ3n) is 4.23. The molecule has 6 nitrogen and oxygen atoms in total. The summed E-state index contributed by atoms with van der Waals surface area (Å²) in [7, 11) is 0. The second kappa shape index (κ2) is 8.64. The van der Waals surface area contributed by atoms with Crippen LogP contribution in [0.2, 0.25) is 0 Å². The van der Waals surface area contributed by atoms with Gasteiger partial charge in [0.25, 0.3) is 0 Å². The monoisotopic (exact) mass is 454 g/mol. The van der Waals surface area contributed by atoms with Gasteiger partial charge in [0.2, 0.25) is 0 Å². The minimum Gasteiger partial charge on any atom is -0.357 e. The molecule has 2 atom stereocenters. The van der Waals surface area contributed by atoms with Gasteiger partial charge in [0.1, 0.15) is 0 Å². The number of nitrogens with zero attached hydrogens (tertiary/aromatic N) is 4. The lowest BCUT2D eigenvalue weighted by molar-refractivity contribution is 0.765. The molecule has 0 aliphatic heterocycles. The molecule has 0 amide bonds. The fourth-order valence-corrected chi connectivity index (χ4v) is 2.69. The molecular formula is C18H27IN6. The molecular weight excluding hydrogens is 427 g/mol. The molecule has 0 spiro atoms. The average molecular weight is 454 g/mol. The molecule has 2 aromatic heterocycles. The molecule has 2 unspecified atom stereocenters. The van der Waals surface area contributed by atoms with Crippen molar-refractivity contribution in [2.75, 3.05) is 6.54 Å². The van der Waals surface area contributed by atoms with Crippen LogP contribution < -0.4 is 10.6 Å². The van der Waals surface area contributed by atoms with Gasteiger partial charge in [-0.25, -0.2) is 14.7 Å². The number of aliphatic imine (C=N–C) groups is 1. The van der Waals surface area contributed by atoms with Crippen molar-refractivity contribution in [2.24, 2.45) is 10.9 Å². The molecule has 0 aromatic carbocycles. The smallest absolute Gasteiger partial charge is 0.191 e. The molecule has 0 bridgehead atoms. The summed E-state index contributed by atoms with van der Waals surface area (Å²) in [5.74, 6) is 2.47. The Hall–Kier alpha value is -1.64. The number of guanidine groups is 1. The summed E-state index contributed by atoms with van der Waals surface area (Å²) < 4.78 is 1.86. The van der Waals surface area contributed by atoms with Gasteiger partial charge < -0.3 is 10.6 Å². The minimum absolute atomic E-state index is 0. The Bertz CT molecular complexity index is 722. The predicted molar refractivity (Wildman–Crippen MR) is 112 cm³/mol. The van der Waals surface area contributed by atoms with E-state index in [1.54, 1.807) is 0 Å². The van der Waals surface area contributed by atoms with Gasteiger partial charge in [0.05, 0.1) is 12.2 Å². The van der Waals surface area contributed by atoms with Gasteiger partial charge in [0, 0.05) is 24.5 Å². The van der Waals surface area contributed by atoms with Crippen LogP contribution in [0.25, 0.3) is 5.82 Å². The van der Waals surface area contributed by atoms with Crippen molar-refractivity contribution in [1.82, 2.24) is 25.4 Å². The van der Waals surface area contributed by atoms with E-state index in [4.69, 9.17) is 0 Å². The molecule has 0 saturated heterocycles. The van der Waals surface area contributed by atoms with Gasteiger partial charge >= 0.3 is 0 Å². The van der Waals surface area contributed by atoms with Crippen LogP contribution in [0.5, 0.6) is 0 Å². The van der Waals surface area contributed by atoms with Crippen molar-refractivity contribution in [3.63, 3.8) is 0 Å². The highest BCUT2D eigenvalue weighted by molar-refractivity contribution is 14.0. The van der Waals surface area contributed by atoms with Gasteiger partial charge in [-0.1, -0.05) is 13.0 Å².